The summed E-state index contributed by atoms with van der Waals surface area (Å²) in [6, 6.07) is 9.04. The van der Waals surface area contributed by atoms with Crippen LogP contribution in [0.2, 0.25) is 0 Å². The van der Waals surface area contributed by atoms with E-state index < -0.39 is 12.1 Å². The van der Waals surface area contributed by atoms with Crippen LogP contribution in [0.5, 0.6) is 0 Å². The van der Waals surface area contributed by atoms with Gasteiger partial charge in [0.25, 0.3) is 0 Å². The number of benzene rings is 1. The van der Waals surface area contributed by atoms with Crippen LogP contribution < -0.4 is 5.32 Å². The van der Waals surface area contributed by atoms with Crippen LogP contribution in [-0.2, 0) is 0 Å². The molecule has 5 nitrogen and oxygen atoms in total. The molecule has 0 spiro atoms. The zero-order chi connectivity index (χ0) is 14.8. The minimum absolute atomic E-state index is 0.0153. The van der Waals surface area contributed by atoms with Gasteiger partial charge < -0.3 is 15.5 Å². The Kier molecular flexibility index (Phi) is 3.75. The molecule has 1 aromatic heterocycles. The first-order chi connectivity index (χ1) is 10.1. The Labute approximate surface area is 122 Å². The molecule has 1 heterocycles. The molecule has 1 aromatic carbocycles. The highest BCUT2D eigenvalue weighted by atomic mass is 16.4. The minimum Gasteiger partial charge on any atom is -0.477 e. The Bertz CT molecular complexity index is 672. The predicted octanol–water partition coefficient (Wildman–Crippen LogP) is 2.65. The average molecular weight is 286 g/mol. The number of carbonyl (C=O) groups is 1. The zero-order valence-electron chi connectivity index (χ0n) is 11.6. The number of hydrogen-bond donors (Lipinski definition) is 3. The Balaban J connectivity index is 2.01. The van der Waals surface area contributed by atoms with E-state index in [1.165, 1.54) is 0 Å². The average Bonchev–Trinajstić information content (AvgIpc) is 2.49. The number of nitrogens with zero attached hydrogens (tertiary/aromatic N) is 1. The number of anilines is 1. The SMILES string of the molecule is O=C(O)c1cc2ccccc2c(NC2CCCCC2O)n1. The van der Waals surface area contributed by atoms with Crippen LogP contribution in [0.3, 0.4) is 0 Å². The van der Waals surface area contributed by atoms with E-state index in [4.69, 9.17) is 0 Å². The molecule has 2 aromatic rings. The molecule has 0 bridgehead atoms. The van der Waals surface area contributed by atoms with E-state index in [0.717, 1.165) is 36.5 Å². The first-order valence-electron chi connectivity index (χ1n) is 7.23. The summed E-state index contributed by atoms with van der Waals surface area (Å²) >= 11 is 0. The smallest absolute Gasteiger partial charge is 0.354 e. The fourth-order valence-electron chi connectivity index (χ4n) is 2.87. The minimum atomic E-state index is -1.05. The van der Waals surface area contributed by atoms with Crippen molar-refractivity contribution >= 4 is 22.6 Å². The predicted molar refractivity (Wildman–Crippen MR) is 80.6 cm³/mol. The van der Waals surface area contributed by atoms with E-state index in [1.54, 1.807) is 6.07 Å². The first-order valence-corrected chi connectivity index (χ1v) is 7.23. The number of aromatic nitrogens is 1. The van der Waals surface area contributed by atoms with Crippen molar-refractivity contribution in [3.05, 3.63) is 36.0 Å². The number of pyridine rings is 1. The Morgan fingerprint density at radius 2 is 2.00 bits per heavy atom. The third-order valence-electron chi connectivity index (χ3n) is 4.01. The summed E-state index contributed by atoms with van der Waals surface area (Å²) in [5.74, 6) is -0.510. The lowest BCUT2D eigenvalue weighted by atomic mass is 9.92. The number of carboxylic acids is 1. The summed E-state index contributed by atoms with van der Waals surface area (Å²) in [6.45, 7) is 0. The number of rotatable bonds is 3. The Morgan fingerprint density at radius 1 is 1.24 bits per heavy atom. The second-order valence-corrected chi connectivity index (χ2v) is 5.49. The maximum atomic E-state index is 11.2. The molecule has 0 amide bonds. The van der Waals surface area contributed by atoms with Gasteiger partial charge >= 0.3 is 5.97 Å². The molecule has 1 fully saturated rings. The molecule has 0 radical (unpaired) electrons. The van der Waals surface area contributed by atoms with Crippen LogP contribution in [0.25, 0.3) is 10.8 Å². The first kappa shape index (κ1) is 13.8. The third-order valence-corrected chi connectivity index (χ3v) is 4.01. The molecule has 1 aliphatic carbocycles. The van der Waals surface area contributed by atoms with Crippen LogP contribution in [0.1, 0.15) is 36.2 Å². The highest BCUT2D eigenvalue weighted by Crippen LogP contribution is 2.27. The van der Waals surface area contributed by atoms with Crippen molar-refractivity contribution in [2.24, 2.45) is 0 Å². The molecule has 2 unspecified atom stereocenters. The van der Waals surface area contributed by atoms with Crippen LogP contribution in [0.15, 0.2) is 30.3 Å². The van der Waals surface area contributed by atoms with Crippen molar-refractivity contribution in [3.8, 4) is 0 Å². The molecule has 110 valence electrons. The van der Waals surface area contributed by atoms with Crippen molar-refractivity contribution in [3.63, 3.8) is 0 Å². The van der Waals surface area contributed by atoms with Gasteiger partial charge in [-0.2, -0.15) is 0 Å². The van der Waals surface area contributed by atoms with Crippen molar-refractivity contribution in [1.82, 2.24) is 4.98 Å². The number of nitrogens with one attached hydrogen (secondary N) is 1. The number of carboxylic acid groups (broad SMARTS) is 1. The maximum absolute atomic E-state index is 11.2. The summed E-state index contributed by atoms with van der Waals surface area (Å²) < 4.78 is 0. The molecular weight excluding hydrogens is 268 g/mol. The topological polar surface area (TPSA) is 82.5 Å². The lowest BCUT2D eigenvalue weighted by Gasteiger charge is -2.29. The van der Waals surface area contributed by atoms with Gasteiger partial charge in [-0.05, 0) is 24.3 Å². The zero-order valence-corrected chi connectivity index (χ0v) is 11.6. The van der Waals surface area contributed by atoms with Gasteiger partial charge in [0, 0.05) is 5.39 Å². The van der Waals surface area contributed by atoms with Crippen molar-refractivity contribution in [2.45, 2.75) is 37.8 Å². The molecule has 0 saturated heterocycles. The van der Waals surface area contributed by atoms with E-state index in [-0.39, 0.29) is 11.7 Å². The Morgan fingerprint density at radius 3 is 2.76 bits per heavy atom. The quantitative estimate of drug-likeness (QED) is 0.808. The van der Waals surface area contributed by atoms with Crippen molar-refractivity contribution in [2.75, 3.05) is 5.32 Å². The Hall–Kier alpha value is -2.14. The molecule has 2 atom stereocenters. The van der Waals surface area contributed by atoms with Gasteiger partial charge in [-0.3, -0.25) is 0 Å². The normalized spacial score (nSPS) is 22.1. The lowest BCUT2D eigenvalue weighted by molar-refractivity contribution is 0.0691. The lowest BCUT2D eigenvalue weighted by Crippen LogP contribution is -2.36. The van der Waals surface area contributed by atoms with Gasteiger partial charge in [-0.1, -0.05) is 37.1 Å². The molecule has 3 rings (SSSR count). The van der Waals surface area contributed by atoms with Gasteiger partial charge in [0.1, 0.15) is 5.82 Å². The number of hydrogen-bond acceptors (Lipinski definition) is 4. The van der Waals surface area contributed by atoms with Crippen molar-refractivity contribution < 1.29 is 15.0 Å². The molecular formula is C16H18N2O3. The fourth-order valence-corrected chi connectivity index (χ4v) is 2.87. The molecule has 5 heteroatoms. The number of aliphatic hydroxyl groups excluding tert-OH is 1. The third kappa shape index (κ3) is 2.83. The molecule has 21 heavy (non-hydrogen) atoms. The number of aliphatic hydroxyl groups is 1. The molecule has 0 aliphatic heterocycles. The fraction of sp³-hybridized carbons (Fsp3) is 0.375. The van der Waals surface area contributed by atoms with Gasteiger partial charge in [-0.15, -0.1) is 0 Å². The summed E-state index contributed by atoms with van der Waals surface area (Å²) in [7, 11) is 0. The van der Waals surface area contributed by atoms with E-state index in [0.29, 0.717) is 5.82 Å². The maximum Gasteiger partial charge on any atom is 0.354 e. The summed E-state index contributed by atoms with van der Waals surface area (Å²) in [5.41, 5.74) is 0.0153. The highest BCUT2D eigenvalue weighted by Gasteiger charge is 2.24. The molecule has 1 aliphatic rings. The standard InChI is InChI=1S/C16H18N2O3/c19-14-8-4-3-7-12(14)17-15-11-6-2-1-5-10(11)9-13(18-15)16(20)21/h1-2,5-6,9,12,14,19H,3-4,7-8H2,(H,17,18)(H,20,21). The molecule has 3 N–H and O–H groups in total. The molecule has 1 saturated carbocycles. The van der Waals surface area contributed by atoms with Crippen LogP contribution >= 0.6 is 0 Å². The van der Waals surface area contributed by atoms with Crippen LogP contribution in [0.4, 0.5) is 5.82 Å². The van der Waals surface area contributed by atoms with E-state index in [9.17, 15) is 15.0 Å². The highest BCUT2D eigenvalue weighted by molar-refractivity contribution is 5.97. The van der Waals surface area contributed by atoms with Crippen molar-refractivity contribution in [1.29, 1.82) is 0 Å². The largest absolute Gasteiger partial charge is 0.477 e. The summed E-state index contributed by atoms with van der Waals surface area (Å²) in [4.78, 5) is 15.4. The van der Waals surface area contributed by atoms with E-state index in [1.807, 2.05) is 24.3 Å². The van der Waals surface area contributed by atoms with Gasteiger partial charge in [-0.25, -0.2) is 9.78 Å². The van der Waals surface area contributed by atoms with Crippen LogP contribution in [-0.4, -0.2) is 33.3 Å². The second kappa shape index (κ2) is 5.69. The number of aromatic carboxylic acids is 1. The van der Waals surface area contributed by atoms with Gasteiger partial charge in [0.05, 0.1) is 12.1 Å². The monoisotopic (exact) mass is 286 g/mol. The summed E-state index contributed by atoms with van der Waals surface area (Å²) in [6.07, 6.45) is 3.32. The number of fused-ring (bicyclic) bond motifs is 1. The van der Waals surface area contributed by atoms with E-state index in [2.05, 4.69) is 10.3 Å². The van der Waals surface area contributed by atoms with Gasteiger partial charge in [0.2, 0.25) is 0 Å². The summed E-state index contributed by atoms with van der Waals surface area (Å²) in [5, 5.41) is 24.2. The second-order valence-electron chi connectivity index (χ2n) is 5.49. The van der Waals surface area contributed by atoms with E-state index >= 15 is 0 Å². The van der Waals surface area contributed by atoms with Gasteiger partial charge in [0.15, 0.2) is 5.69 Å². The van der Waals surface area contributed by atoms with Crippen LogP contribution in [0, 0.1) is 0 Å².